The Balaban J connectivity index is 2.27. The van der Waals surface area contributed by atoms with Crippen molar-refractivity contribution in [2.75, 3.05) is 18.0 Å². The third-order valence-corrected chi connectivity index (χ3v) is 3.01. The van der Waals surface area contributed by atoms with E-state index >= 15 is 0 Å². The number of piperidine rings is 1. The van der Waals surface area contributed by atoms with Crippen LogP contribution in [0.15, 0.2) is 6.20 Å². The molecule has 86 valence electrons. The Hall–Kier alpha value is -0.870. The first kappa shape index (κ1) is 11.6. The standard InChI is InChI=1S/C10H11Cl2N3O/c11-7-6-13-10(14-8(7)9(12)16)15-4-2-1-3-5-15/h6H,1-5H2. The minimum atomic E-state index is -0.648. The molecule has 0 atom stereocenters. The number of nitrogens with zero attached hydrogens (tertiary/aromatic N) is 3. The minimum Gasteiger partial charge on any atom is -0.341 e. The van der Waals surface area contributed by atoms with Crippen LogP contribution in [-0.2, 0) is 0 Å². The van der Waals surface area contributed by atoms with Crippen molar-refractivity contribution in [3.63, 3.8) is 0 Å². The molecule has 6 heteroatoms. The van der Waals surface area contributed by atoms with E-state index < -0.39 is 5.24 Å². The van der Waals surface area contributed by atoms with E-state index in [2.05, 4.69) is 9.97 Å². The number of hydrogen-bond acceptors (Lipinski definition) is 4. The van der Waals surface area contributed by atoms with Crippen molar-refractivity contribution in [1.29, 1.82) is 0 Å². The fourth-order valence-electron chi connectivity index (χ4n) is 1.74. The van der Waals surface area contributed by atoms with Gasteiger partial charge in [-0.1, -0.05) is 11.6 Å². The molecule has 0 unspecified atom stereocenters. The Morgan fingerprint density at radius 2 is 2.00 bits per heavy atom. The normalized spacial score (nSPS) is 16.2. The summed E-state index contributed by atoms with van der Waals surface area (Å²) in [7, 11) is 0. The van der Waals surface area contributed by atoms with Gasteiger partial charge in [0, 0.05) is 13.1 Å². The molecule has 0 amide bonds. The summed E-state index contributed by atoms with van der Waals surface area (Å²) in [6, 6.07) is 0. The van der Waals surface area contributed by atoms with E-state index in [-0.39, 0.29) is 10.7 Å². The average Bonchev–Trinajstić information content (AvgIpc) is 2.30. The fraction of sp³-hybridized carbons (Fsp3) is 0.500. The van der Waals surface area contributed by atoms with Crippen molar-refractivity contribution in [3.8, 4) is 0 Å². The van der Waals surface area contributed by atoms with E-state index in [1.807, 2.05) is 4.90 Å². The van der Waals surface area contributed by atoms with Crippen molar-refractivity contribution in [1.82, 2.24) is 9.97 Å². The molecule has 0 aliphatic carbocycles. The molecular formula is C10H11Cl2N3O. The van der Waals surface area contributed by atoms with Crippen LogP contribution in [0.5, 0.6) is 0 Å². The summed E-state index contributed by atoms with van der Waals surface area (Å²) in [5, 5.41) is -0.452. The average molecular weight is 260 g/mol. The molecule has 0 radical (unpaired) electrons. The summed E-state index contributed by atoms with van der Waals surface area (Å²) in [6.45, 7) is 1.83. The predicted octanol–water partition coefficient (Wildman–Crippen LogP) is 2.50. The monoisotopic (exact) mass is 259 g/mol. The number of hydrogen-bond donors (Lipinski definition) is 0. The van der Waals surface area contributed by atoms with Gasteiger partial charge in [-0.2, -0.15) is 0 Å². The second-order valence-electron chi connectivity index (χ2n) is 3.69. The number of anilines is 1. The first-order valence-electron chi connectivity index (χ1n) is 5.16. The maximum Gasteiger partial charge on any atom is 0.272 e. The van der Waals surface area contributed by atoms with Gasteiger partial charge in [0.05, 0.1) is 11.2 Å². The van der Waals surface area contributed by atoms with Gasteiger partial charge in [0.15, 0.2) is 0 Å². The topological polar surface area (TPSA) is 46.1 Å². The molecule has 2 rings (SSSR count). The van der Waals surface area contributed by atoms with Crippen molar-refractivity contribution in [2.45, 2.75) is 19.3 Å². The molecule has 0 N–H and O–H groups in total. The Morgan fingerprint density at radius 1 is 1.31 bits per heavy atom. The minimum absolute atomic E-state index is 0.0823. The number of halogens is 2. The molecule has 1 aliphatic heterocycles. The van der Waals surface area contributed by atoms with Crippen molar-refractivity contribution < 1.29 is 4.79 Å². The van der Waals surface area contributed by atoms with E-state index in [4.69, 9.17) is 23.2 Å². The van der Waals surface area contributed by atoms with Gasteiger partial charge in [-0.3, -0.25) is 4.79 Å². The molecule has 16 heavy (non-hydrogen) atoms. The highest BCUT2D eigenvalue weighted by molar-refractivity contribution is 6.68. The van der Waals surface area contributed by atoms with Crippen LogP contribution >= 0.6 is 23.2 Å². The SMILES string of the molecule is O=C(Cl)c1nc(N2CCCCC2)ncc1Cl. The van der Waals surface area contributed by atoms with E-state index in [1.54, 1.807) is 0 Å². The summed E-state index contributed by atoms with van der Waals surface area (Å²) < 4.78 is 0. The number of carbonyl (C=O) groups excluding carboxylic acids is 1. The second kappa shape index (κ2) is 4.97. The molecule has 0 bridgehead atoms. The van der Waals surface area contributed by atoms with Crippen LogP contribution in [-0.4, -0.2) is 28.3 Å². The van der Waals surface area contributed by atoms with Crippen molar-refractivity contribution in [3.05, 3.63) is 16.9 Å². The lowest BCUT2D eigenvalue weighted by Gasteiger charge is -2.26. The van der Waals surface area contributed by atoms with Gasteiger partial charge in [0.1, 0.15) is 5.69 Å². The molecule has 2 heterocycles. The third-order valence-electron chi connectivity index (χ3n) is 2.56. The van der Waals surface area contributed by atoms with E-state index in [1.165, 1.54) is 12.6 Å². The molecule has 1 aliphatic rings. The van der Waals surface area contributed by atoms with Gasteiger partial charge in [-0.25, -0.2) is 9.97 Å². The molecular weight excluding hydrogens is 249 g/mol. The lowest BCUT2D eigenvalue weighted by Crippen LogP contribution is -2.31. The largest absolute Gasteiger partial charge is 0.341 e. The van der Waals surface area contributed by atoms with E-state index in [0.29, 0.717) is 5.95 Å². The molecule has 1 aromatic heterocycles. The Morgan fingerprint density at radius 3 is 2.62 bits per heavy atom. The van der Waals surface area contributed by atoms with Gasteiger partial charge in [-0.15, -0.1) is 0 Å². The summed E-state index contributed by atoms with van der Waals surface area (Å²) in [4.78, 5) is 21.3. The molecule has 4 nitrogen and oxygen atoms in total. The maximum atomic E-state index is 11.1. The van der Waals surface area contributed by atoms with Gasteiger partial charge in [-0.05, 0) is 30.9 Å². The van der Waals surface area contributed by atoms with Crippen LogP contribution in [0.25, 0.3) is 0 Å². The van der Waals surface area contributed by atoms with Crippen LogP contribution in [0.2, 0.25) is 5.02 Å². The highest BCUT2D eigenvalue weighted by Crippen LogP contribution is 2.20. The van der Waals surface area contributed by atoms with Crippen molar-refractivity contribution >= 4 is 34.4 Å². The van der Waals surface area contributed by atoms with Crippen LogP contribution in [0.4, 0.5) is 5.95 Å². The van der Waals surface area contributed by atoms with Gasteiger partial charge >= 0.3 is 0 Å². The molecule has 0 spiro atoms. The third kappa shape index (κ3) is 2.44. The van der Waals surface area contributed by atoms with Crippen LogP contribution in [0, 0.1) is 0 Å². The van der Waals surface area contributed by atoms with Gasteiger partial charge < -0.3 is 4.90 Å². The quantitative estimate of drug-likeness (QED) is 0.766. The summed E-state index contributed by atoms with van der Waals surface area (Å²) >= 11 is 11.2. The highest BCUT2D eigenvalue weighted by Gasteiger charge is 2.17. The van der Waals surface area contributed by atoms with Gasteiger partial charge in [0.25, 0.3) is 5.24 Å². The number of aromatic nitrogens is 2. The predicted molar refractivity (Wildman–Crippen MR) is 63.3 cm³/mol. The summed E-state index contributed by atoms with van der Waals surface area (Å²) in [5.74, 6) is 0.535. The lowest BCUT2D eigenvalue weighted by molar-refractivity contribution is 0.107. The molecule has 1 fully saturated rings. The maximum absolute atomic E-state index is 11.1. The van der Waals surface area contributed by atoms with Crippen molar-refractivity contribution in [2.24, 2.45) is 0 Å². The molecule has 0 saturated carbocycles. The van der Waals surface area contributed by atoms with E-state index in [9.17, 15) is 4.79 Å². The highest BCUT2D eigenvalue weighted by atomic mass is 35.5. The second-order valence-corrected chi connectivity index (χ2v) is 4.44. The zero-order valence-corrected chi connectivity index (χ0v) is 10.1. The van der Waals surface area contributed by atoms with Crippen LogP contribution < -0.4 is 4.90 Å². The first-order valence-corrected chi connectivity index (χ1v) is 5.91. The van der Waals surface area contributed by atoms with Crippen LogP contribution in [0.1, 0.15) is 29.8 Å². The fourth-order valence-corrected chi connectivity index (χ4v) is 2.11. The molecule has 1 saturated heterocycles. The lowest BCUT2D eigenvalue weighted by atomic mass is 10.1. The molecule has 1 aromatic rings. The summed E-state index contributed by atoms with van der Waals surface area (Å²) in [6.07, 6.45) is 4.89. The Labute approximate surface area is 104 Å². The Bertz CT molecular complexity index is 405. The number of carbonyl (C=O) groups is 1. The molecule has 0 aromatic carbocycles. The zero-order valence-electron chi connectivity index (χ0n) is 8.62. The summed E-state index contributed by atoms with van der Waals surface area (Å²) in [5.41, 5.74) is 0.0823. The van der Waals surface area contributed by atoms with Gasteiger partial charge in [0.2, 0.25) is 5.95 Å². The zero-order chi connectivity index (χ0) is 11.5. The van der Waals surface area contributed by atoms with E-state index in [0.717, 1.165) is 25.9 Å². The van der Waals surface area contributed by atoms with Crippen LogP contribution in [0.3, 0.4) is 0 Å². The number of rotatable bonds is 2. The Kier molecular flexibility index (Phi) is 3.61. The smallest absolute Gasteiger partial charge is 0.272 e. The first-order chi connectivity index (χ1) is 7.68.